The number of hydrogen-bond acceptors (Lipinski definition) is 0. The van der Waals surface area contributed by atoms with Gasteiger partial charge in [-0.2, -0.15) is 0 Å². The van der Waals surface area contributed by atoms with Gasteiger partial charge >= 0.3 is 0 Å². The van der Waals surface area contributed by atoms with E-state index >= 15 is 0 Å². The number of hydrogen-bond donors (Lipinski definition) is 0. The maximum absolute atomic E-state index is 3.38. The topological polar surface area (TPSA) is 0 Å². The van der Waals surface area contributed by atoms with Gasteiger partial charge in [0, 0.05) is 5.33 Å². The summed E-state index contributed by atoms with van der Waals surface area (Å²) in [6.45, 7) is 4.34. The lowest BCUT2D eigenvalue weighted by Gasteiger charge is -1.92. The van der Waals surface area contributed by atoms with Crippen LogP contribution in [0.2, 0.25) is 0 Å². The van der Waals surface area contributed by atoms with Crippen molar-refractivity contribution >= 4 is 15.9 Å². The lowest BCUT2D eigenvalue weighted by atomic mass is 10.2. The predicted molar refractivity (Wildman–Crippen MR) is 42.5 cm³/mol. The van der Waals surface area contributed by atoms with Gasteiger partial charge < -0.3 is 0 Å². The van der Waals surface area contributed by atoms with Gasteiger partial charge in [0.05, 0.1) is 0 Å². The highest BCUT2D eigenvalue weighted by atomic mass is 79.9. The summed E-state index contributed by atoms with van der Waals surface area (Å²) in [4.78, 5) is 0. The standard InChI is InChI=1S/C7H13Br/c1-3-4-7(2)5-6-8/h4H,3,5-6H2,1-2H3/b7-4+. The van der Waals surface area contributed by atoms with Crippen molar-refractivity contribution in [2.45, 2.75) is 26.7 Å². The highest BCUT2D eigenvalue weighted by molar-refractivity contribution is 9.09. The van der Waals surface area contributed by atoms with Gasteiger partial charge in [-0.1, -0.05) is 34.5 Å². The predicted octanol–water partition coefficient (Wildman–Crippen LogP) is 3.13. The summed E-state index contributed by atoms with van der Waals surface area (Å²) in [6, 6.07) is 0. The molecule has 0 heterocycles. The average Bonchev–Trinajstić information content (AvgIpc) is 1.68. The van der Waals surface area contributed by atoms with Gasteiger partial charge in [-0.25, -0.2) is 0 Å². The Morgan fingerprint density at radius 3 is 2.62 bits per heavy atom. The highest BCUT2D eigenvalue weighted by Gasteiger charge is 1.83. The zero-order chi connectivity index (χ0) is 6.41. The minimum Gasteiger partial charge on any atom is -0.0925 e. The molecule has 0 saturated carbocycles. The van der Waals surface area contributed by atoms with Gasteiger partial charge in [0.25, 0.3) is 0 Å². The molecule has 8 heavy (non-hydrogen) atoms. The Morgan fingerprint density at radius 1 is 1.62 bits per heavy atom. The molecule has 0 atom stereocenters. The summed E-state index contributed by atoms with van der Waals surface area (Å²) in [6.07, 6.45) is 4.62. The quantitative estimate of drug-likeness (QED) is 0.459. The lowest BCUT2D eigenvalue weighted by molar-refractivity contribution is 1.07. The fourth-order valence-electron chi connectivity index (χ4n) is 0.600. The third-order valence-electron chi connectivity index (χ3n) is 1.04. The van der Waals surface area contributed by atoms with Crippen molar-refractivity contribution in [3.8, 4) is 0 Å². The first-order valence-electron chi connectivity index (χ1n) is 3.02. The molecule has 0 aliphatic carbocycles. The van der Waals surface area contributed by atoms with Crippen molar-refractivity contribution in [1.82, 2.24) is 0 Å². The fourth-order valence-corrected chi connectivity index (χ4v) is 1.22. The van der Waals surface area contributed by atoms with E-state index in [1.54, 1.807) is 0 Å². The van der Waals surface area contributed by atoms with Crippen LogP contribution >= 0.6 is 15.9 Å². The Labute approximate surface area is 60.1 Å². The van der Waals surface area contributed by atoms with Crippen LogP contribution in [0, 0.1) is 0 Å². The van der Waals surface area contributed by atoms with Crippen molar-refractivity contribution in [3.63, 3.8) is 0 Å². The molecule has 48 valence electrons. The van der Waals surface area contributed by atoms with Crippen LogP contribution in [0.15, 0.2) is 11.6 Å². The third kappa shape index (κ3) is 4.38. The molecule has 0 rings (SSSR count). The van der Waals surface area contributed by atoms with E-state index in [0.717, 1.165) is 5.33 Å². The minimum absolute atomic E-state index is 1.09. The molecule has 0 spiro atoms. The maximum Gasteiger partial charge on any atom is 0.00684 e. The van der Waals surface area contributed by atoms with Crippen LogP contribution in [0.1, 0.15) is 26.7 Å². The van der Waals surface area contributed by atoms with Gasteiger partial charge in [-0.3, -0.25) is 0 Å². The van der Waals surface area contributed by atoms with Crippen molar-refractivity contribution in [2.75, 3.05) is 5.33 Å². The molecule has 0 radical (unpaired) electrons. The van der Waals surface area contributed by atoms with E-state index in [2.05, 4.69) is 35.9 Å². The first-order chi connectivity index (χ1) is 3.81. The minimum atomic E-state index is 1.09. The zero-order valence-corrected chi connectivity index (χ0v) is 7.16. The molecule has 0 N–H and O–H groups in total. The summed E-state index contributed by atoms with van der Waals surface area (Å²) in [7, 11) is 0. The smallest absolute Gasteiger partial charge is 0.00684 e. The number of alkyl halides is 1. The second kappa shape index (κ2) is 5.36. The molecule has 0 aromatic heterocycles. The number of allylic oxidation sites excluding steroid dienone is 2. The molecule has 0 saturated heterocycles. The Hall–Kier alpha value is 0.220. The molecule has 0 aromatic rings. The Kier molecular flexibility index (Phi) is 5.51. The van der Waals surface area contributed by atoms with Gasteiger partial charge in [0.1, 0.15) is 0 Å². The monoisotopic (exact) mass is 176 g/mol. The van der Waals surface area contributed by atoms with Crippen LogP contribution in [0.25, 0.3) is 0 Å². The van der Waals surface area contributed by atoms with E-state index in [4.69, 9.17) is 0 Å². The van der Waals surface area contributed by atoms with Crippen molar-refractivity contribution in [1.29, 1.82) is 0 Å². The summed E-state index contributed by atoms with van der Waals surface area (Å²) >= 11 is 3.38. The van der Waals surface area contributed by atoms with E-state index in [1.165, 1.54) is 18.4 Å². The van der Waals surface area contributed by atoms with Crippen molar-refractivity contribution < 1.29 is 0 Å². The largest absolute Gasteiger partial charge is 0.0925 e. The normalized spacial score (nSPS) is 12.1. The molecule has 0 fully saturated rings. The van der Waals surface area contributed by atoms with E-state index in [0.29, 0.717) is 0 Å². The summed E-state index contributed by atoms with van der Waals surface area (Å²) in [5, 5.41) is 1.09. The van der Waals surface area contributed by atoms with E-state index < -0.39 is 0 Å². The second-order valence-corrected chi connectivity index (χ2v) is 2.69. The lowest BCUT2D eigenvalue weighted by Crippen LogP contribution is -1.75. The third-order valence-corrected chi connectivity index (χ3v) is 1.44. The summed E-state index contributed by atoms with van der Waals surface area (Å²) in [5.74, 6) is 0. The Morgan fingerprint density at radius 2 is 2.25 bits per heavy atom. The Bertz CT molecular complexity index is 74.5. The summed E-state index contributed by atoms with van der Waals surface area (Å²) < 4.78 is 0. The van der Waals surface area contributed by atoms with Gasteiger partial charge in [-0.15, -0.1) is 0 Å². The fraction of sp³-hybridized carbons (Fsp3) is 0.714. The average molecular weight is 177 g/mol. The summed E-state index contributed by atoms with van der Waals surface area (Å²) in [5.41, 5.74) is 1.49. The molecular formula is C7H13Br. The molecule has 0 aromatic carbocycles. The molecular weight excluding hydrogens is 164 g/mol. The van der Waals surface area contributed by atoms with Crippen LogP contribution in [-0.4, -0.2) is 5.33 Å². The van der Waals surface area contributed by atoms with Crippen LogP contribution in [-0.2, 0) is 0 Å². The van der Waals surface area contributed by atoms with Crippen LogP contribution in [0.5, 0.6) is 0 Å². The molecule has 0 unspecified atom stereocenters. The first kappa shape index (κ1) is 8.22. The highest BCUT2D eigenvalue weighted by Crippen LogP contribution is 2.02. The molecule has 0 aliphatic heterocycles. The first-order valence-corrected chi connectivity index (χ1v) is 4.15. The zero-order valence-electron chi connectivity index (χ0n) is 5.58. The maximum atomic E-state index is 3.38. The molecule has 0 bridgehead atoms. The molecule has 1 heteroatoms. The van der Waals surface area contributed by atoms with E-state index in [-0.39, 0.29) is 0 Å². The number of halogens is 1. The van der Waals surface area contributed by atoms with Crippen molar-refractivity contribution in [2.24, 2.45) is 0 Å². The SMILES string of the molecule is CC/C=C(\C)CCBr. The number of rotatable bonds is 3. The molecule has 0 aliphatic rings. The van der Waals surface area contributed by atoms with Gasteiger partial charge in [0.15, 0.2) is 0 Å². The van der Waals surface area contributed by atoms with Crippen molar-refractivity contribution in [3.05, 3.63) is 11.6 Å². The molecule has 0 amide bonds. The molecule has 0 nitrogen and oxygen atoms in total. The second-order valence-electron chi connectivity index (χ2n) is 1.90. The van der Waals surface area contributed by atoms with Crippen LogP contribution in [0.3, 0.4) is 0 Å². The van der Waals surface area contributed by atoms with E-state index in [9.17, 15) is 0 Å². The van der Waals surface area contributed by atoms with Gasteiger partial charge in [0.2, 0.25) is 0 Å². The van der Waals surface area contributed by atoms with Crippen LogP contribution < -0.4 is 0 Å². The van der Waals surface area contributed by atoms with Gasteiger partial charge in [-0.05, 0) is 19.8 Å². The van der Waals surface area contributed by atoms with E-state index in [1.807, 2.05) is 0 Å². The van der Waals surface area contributed by atoms with Crippen LogP contribution in [0.4, 0.5) is 0 Å². The Balaban J connectivity index is 3.29.